The van der Waals surface area contributed by atoms with Crippen LogP contribution < -0.4 is 0 Å². The molecule has 0 atom stereocenters. The van der Waals surface area contributed by atoms with E-state index < -0.39 is 0 Å². The summed E-state index contributed by atoms with van der Waals surface area (Å²) < 4.78 is 1.13. The minimum atomic E-state index is 0.137. The molecular formula is C17H12INO. The van der Waals surface area contributed by atoms with E-state index in [4.69, 9.17) is 0 Å². The zero-order chi connectivity index (χ0) is 13.9. The van der Waals surface area contributed by atoms with E-state index in [9.17, 15) is 4.79 Å². The van der Waals surface area contributed by atoms with Crippen molar-refractivity contribution in [1.82, 2.24) is 4.98 Å². The Hall–Kier alpha value is -1.75. The number of aromatic nitrogens is 1. The number of carbonyl (C=O) groups excluding carboxylic acids is 1. The number of Topliss-reactive ketones (excluding diaryl/α,β-unsaturated/α-hetero) is 1. The summed E-state index contributed by atoms with van der Waals surface area (Å²) in [5, 5.41) is 1.05. The van der Waals surface area contributed by atoms with Crippen LogP contribution in [0.4, 0.5) is 0 Å². The van der Waals surface area contributed by atoms with E-state index in [1.165, 1.54) is 0 Å². The van der Waals surface area contributed by atoms with E-state index in [1.807, 2.05) is 54.6 Å². The van der Waals surface area contributed by atoms with E-state index in [1.54, 1.807) is 6.20 Å². The van der Waals surface area contributed by atoms with Crippen LogP contribution in [0.5, 0.6) is 0 Å². The first-order valence-electron chi connectivity index (χ1n) is 6.35. The van der Waals surface area contributed by atoms with Gasteiger partial charge in [-0.15, -0.1) is 0 Å². The third kappa shape index (κ3) is 2.72. The molecule has 3 heteroatoms. The Balaban J connectivity index is 1.93. The number of pyridine rings is 1. The minimum absolute atomic E-state index is 0.137. The standard InChI is InChI=1S/C17H12INO/c18-14-7-5-12(6-8-14)17(20)11-13-9-10-19-16-4-2-1-3-15(13)16/h1-10H,11H2. The summed E-state index contributed by atoms with van der Waals surface area (Å²) in [7, 11) is 0. The van der Waals surface area contributed by atoms with Crippen LogP contribution in [0.25, 0.3) is 10.9 Å². The van der Waals surface area contributed by atoms with Gasteiger partial charge in [-0.1, -0.05) is 30.3 Å². The van der Waals surface area contributed by atoms with E-state index in [2.05, 4.69) is 27.6 Å². The molecule has 1 heterocycles. The molecule has 2 aromatic carbocycles. The first-order valence-corrected chi connectivity index (χ1v) is 7.43. The van der Waals surface area contributed by atoms with Crippen LogP contribution in [0.2, 0.25) is 0 Å². The van der Waals surface area contributed by atoms with E-state index >= 15 is 0 Å². The van der Waals surface area contributed by atoms with Crippen LogP contribution in [0, 0.1) is 3.57 Å². The Morgan fingerprint density at radius 2 is 1.75 bits per heavy atom. The van der Waals surface area contributed by atoms with Gasteiger partial charge >= 0.3 is 0 Å². The first-order chi connectivity index (χ1) is 9.74. The van der Waals surface area contributed by atoms with Crippen LogP contribution in [0.3, 0.4) is 0 Å². The Bertz CT molecular complexity index is 760. The molecule has 0 saturated carbocycles. The minimum Gasteiger partial charge on any atom is -0.294 e. The predicted molar refractivity (Wildman–Crippen MR) is 88.9 cm³/mol. The first kappa shape index (κ1) is 13.2. The molecule has 0 radical (unpaired) electrons. The molecule has 1 aromatic heterocycles. The SMILES string of the molecule is O=C(Cc1ccnc2ccccc12)c1ccc(I)cc1. The molecule has 2 nitrogen and oxygen atoms in total. The number of carbonyl (C=O) groups is 1. The van der Waals surface area contributed by atoms with Crippen molar-refractivity contribution in [2.24, 2.45) is 0 Å². The second kappa shape index (κ2) is 5.71. The van der Waals surface area contributed by atoms with E-state index in [0.717, 1.165) is 25.6 Å². The number of fused-ring (bicyclic) bond motifs is 1. The number of hydrogen-bond acceptors (Lipinski definition) is 2. The third-order valence-electron chi connectivity index (χ3n) is 3.26. The summed E-state index contributed by atoms with van der Waals surface area (Å²) in [5.74, 6) is 0.137. The Morgan fingerprint density at radius 3 is 2.55 bits per heavy atom. The monoisotopic (exact) mass is 373 g/mol. The molecule has 98 valence electrons. The molecule has 0 aliphatic rings. The zero-order valence-electron chi connectivity index (χ0n) is 10.7. The summed E-state index contributed by atoms with van der Waals surface area (Å²) >= 11 is 2.24. The van der Waals surface area contributed by atoms with Crippen LogP contribution in [-0.4, -0.2) is 10.8 Å². The van der Waals surface area contributed by atoms with Gasteiger partial charge in [0, 0.05) is 27.1 Å². The molecule has 3 rings (SSSR count). The van der Waals surface area contributed by atoms with Crippen molar-refractivity contribution in [3.05, 3.63) is 75.5 Å². The highest BCUT2D eigenvalue weighted by molar-refractivity contribution is 14.1. The van der Waals surface area contributed by atoms with Gasteiger partial charge in [0.25, 0.3) is 0 Å². The molecule has 0 aliphatic heterocycles. The van der Waals surface area contributed by atoms with Crippen LogP contribution in [-0.2, 0) is 6.42 Å². The lowest BCUT2D eigenvalue weighted by Crippen LogP contribution is -2.04. The van der Waals surface area contributed by atoms with E-state index in [-0.39, 0.29) is 5.78 Å². The van der Waals surface area contributed by atoms with Gasteiger partial charge in [-0.3, -0.25) is 9.78 Å². The second-order valence-corrected chi connectivity index (χ2v) is 5.84. The molecule has 20 heavy (non-hydrogen) atoms. The number of halogens is 1. The lowest BCUT2D eigenvalue weighted by atomic mass is 10.0. The van der Waals surface area contributed by atoms with Crippen molar-refractivity contribution >= 4 is 39.3 Å². The van der Waals surface area contributed by atoms with Crippen molar-refractivity contribution in [1.29, 1.82) is 0 Å². The quantitative estimate of drug-likeness (QED) is 0.507. The maximum absolute atomic E-state index is 12.3. The van der Waals surface area contributed by atoms with Crippen molar-refractivity contribution in [3.63, 3.8) is 0 Å². The van der Waals surface area contributed by atoms with Crippen LogP contribution in [0.15, 0.2) is 60.8 Å². The van der Waals surface area contributed by atoms with Gasteiger partial charge in [0.15, 0.2) is 5.78 Å². The molecular weight excluding hydrogens is 361 g/mol. The molecule has 0 aliphatic carbocycles. The van der Waals surface area contributed by atoms with Gasteiger partial charge in [0.1, 0.15) is 0 Å². The molecule has 0 saturated heterocycles. The van der Waals surface area contributed by atoms with Gasteiger partial charge in [0.2, 0.25) is 0 Å². The Morgan fingerprint density at radius 1 is 1.00 bits per heavy atom. The molecule has 0 fully saturated rings. The molecule has 0 unspecified atom stereocenters. The molecule has 3 aromatic rings. The van der Waals surface area contributed by atoms with Crippen LogP contribution >= 0.6 is 22.6 Å². The summed E-state index contributed by atoms with van der Waals surface area (Å²) in [6, 6.07) is 17.5. The van der Waals surface area contributed by atoms with Crippen molar-refractivity contribution in [3.8, 4) is 0 Å². The number of rotatable bonds is 3. The Kier molecular flexibility index (Phi) is 3.78. The number of hydrogen-bond donors (Lipinski definition) is 0. The van der Waals surface area contributed by atoms with Gasteiger partial charge < -0.3 is 0 Å². The second-order valence-electron chi connectivity index (χ2n) is 4.59. The highest BCUT2D eigenvalue weighted by atomic mass is 127. The van der Waals surface area contributed by atoms with Crippen molar-refractivity contribution in [2.75, 3.05) is 0 Å². The molecule has 0 amide bonds. The summed E-state index contributed by atoms with van der Waals surface area (Å²) in [4.78, 5) is 16.7. The Labute approximate surface area is 131 Å². The van der Waals surface area contributed by atoms with Crippen molar-refractivity contribution in [2.45, 2.75) is 6.42 Å². The summed E-state index contributed by atoms with van der Waals surface area (Å²) in [5.41, 5.74) is 2.71. The van der Waals surface area contributed by atoms with Crippen molar-refractivity contribution < 1.29 is 4.79 Å². The normalized spacial score (nSPS) is 10.7. The lowest BCUT2D eigenvalue weighted by Gasteiger charge is -2.05. The lowest BCUT2D eigenvalue weighted by molar-refractivity contribution is 0.0993. The molecule has 0 bridgehead atoms. The summed E-state index contributed by atoms with van der Waals surface area (Å²) in [6.07, 6.45) is 2.17. The topological polar surface area (TPSA) is 30.0 Å². The fourth-order valence-electron chi connectivity index (χ4n) is 2.22. The fraction of sp³-hybridized carbons (Fsp3) is 0.0588. The average Bonchev–Trinajstić information content (AvgIpc) is 2.48. The maximum atomic E-state index is 12.3. The highest BCUT2D eigenvalue weighted by Crippen LogP contribution is 2.18. The smallest absolute Gasteiger partial charge is 0.167 e. The third-order valence-corrected chi connectivity index (χ3v) is 3.98. The van der Waals surface area contributed by atoms with Gasteiger partial charge in [-0.2, -0.15) is 0 Å². The van der Waals surface area contributed by atoms with E-state index in [0.29, 0.717) is 6.42 Å². The predicted octanol–water partition coefficient (Wildman–Crippen LogP) is 4.26. The van der Waals surface area contributed by atoms with Gasteiger partial charge in [-0.05, 0) is 52.4 Å². The average molecular weight is 373 g/mol. The zero-order valence-corrected chi connectivity index (χ0v) is 12.9. The molecule has 0 spiro atoms. The van der Waals surface area contributed by atoms with Gasteiger partial charge in [-0.25, -0.2) is 0 Å². The van der Waals surface area contributed by atoms with Gasteiger partial charge in [0.05, 0.1) is 5.52 Å². The molecule has 0 N–H and O–H groups in total. The summed E-state index contributed by atoms with van der Waals surface area (Å²) in [6.45, 7) is 0. The van der Waals surface area contributed by atoms with Crippen LogP contribution in [0.1, 0.15) is 15.9 Å². The largest absolute Gasteiger partial charge is 0.294 e. The number of nitrogens with zero attached hydrogens (tertiary/aromatic N) is 1. The number of benzene rings is 2. The maximum Gasteiger partial charge on any atom is 0.167 e. The fourth-order valence-corrected chi connectivity index (χ4v) is 2.58. The number of para-hydroxylation sites is 1. The highest BCUT2D eigenvalue weighted by Gasteiger charge is 2.09. The number of ketones is 1.